The molecule has 0 spiro atoms. The van der Waals surface area contributed by atoms with Gasteiger partial charge in [0.1, 0.15) is 11.6 Å². The number of rotatable bonds is 10. The topological polar surface area (TPSA) is 114 Å². The fraction of sp³-hybridized carbons (Fsp3) is 0.167. The molecule has 178 valence electrons. The summed E-state index contributed by atoms with van der Waals surface area (Å²) in [5.41, 5.74) is 0.394. The standard InChI is InChI=1S/C24H24FN3O5S/c1-2-33-19-12-10-18(11-13-19)28-34(31,32)20-7-5-6-17(16-20)23(29)26-14-15-27-24(30)21-8-3-4-9-22(21)25/h3-13,16,28H,2,14-15H2,1H3,(H,26,29)(H,27,30). The average molecular weight is 486 g/mol. The highest BCUT2D eigenvalue weighted by Gasteiger charge is 2.17. The number of ether oxygens (including phenoxy) is 1. The van der Waals surface area contributed by atoms with Crippen molar-refractivity contribution in [2.24, 2.45) is 0 Å². The lowest BCUT2D eigenvalue weighted by molar-refractivity contribution is 0.0925. The fourth-order valence-corrected chi connectivity index (χ4v) is 4.10. The van der Waals surface area contributed by atoms with Crippen molar-refractivity contribution in [3.8, 4) is 5.75 Å². The number of carbonyl (C=O) groups is 2. The van der Waals surface area contributed by atoms with Gasteiger partial charge in [-0.3, -0.25) is 14.3 Å². The summed E-state index contributed by atoms with van der Waals surface area (Å²) in [6.07, 6.45) is 0. The maximum absolute atomic E-state index is 13.6. The van der Waals surface area contributed by atoms with Crippen LogP contribution in [-0.4, -0.2) is 39.9 Å². The van der Waals surface area contributed by atoms with E-state index in [2.05, 4.69) is 15.4 Å². The molecule has 0 heterocycles. The minimum atomic E-state index is -3.93. The summed E-state index contributed by atoms with van der Waals surface area (Å²) in [5, 5.41) is 5.10. The Hall–Kier alpha value is -3.92. The maximum atomic E-state index is 13.6. The van der Waals surface area contributed by atoms with Gasteiger partial charge in [0.2, 0.25) is 0 Å². The lowest BCUT2D eigenvalue weighted by atomic mass is 10.2. The van der Waals surface area contributed by atoms with Crippen LogP contribution in [0, 0.1) is 5.82 Å². The molecule has 0 aliphatic heterocycles. The van der Waals surface area contributed by atoms with Crippen molar-refractivity contribution in [1.82, 2.24) is 10.6 Å². The van der Waals surface area contributed by atoms with Gasteiger partial charge < -0.3 is 15.4 Å². The van der Waals surface area contributed by atoms with Gasteiger partial charge in [-0.1, -0.05) is 18.2 Å². The SMILES string of the molecule is CCOc1ccc(NS(=O)(=O)c2cccc(C(=O)NCCNC(=O)c3ccccc3F)c2)cc1. The molecule has 3 N–H and O–H groups in total. The Morgan fingerprint density at radius 3 is 2.24 bits per heavy atom. The molecular weight excluding hydrogens is 461 g/mol. The van der Waals surface area contributed by atoms with Gasteiger partial charge >= 0.3 is 0 Å². The quantitative estimate of drug-likeness (QED) is 0.382. The van der Waals surface area contributed by atoms with Crippen molar-refractivity contribution < 1.29 is 27.1 Å². The Kier molecular flexibility index (Phi) is 8.20. The van der Waals surface area contributed by atoms with Crippen LogP contribution in [0.3, 0.4) is 0 Å². The van der Waals surface area contributed by atoms with Gasteiger partial charge in [-0.05, 0) is 61.5 Å². The summed E-state index contributed by atoms with van der Waals surface area (Å²) < 4.78 is 46.9. The van der Waals surface area contributed by atoms with E-state index >= 15 is 0 Å². The molecule has 3 aromatic rings. The van der Waals surface area contributed by atoms with Crippen LogP contribution >= 0.6 is 0 Å². The highest BCUT2D eigenvalue weighted by atomic mass is 32.2. The molecular formula is C24H24FN3O5S. The molecule has 0 atom stereocenters. The summed E-state index contributed by atoms with van der Waals surface area (Å²) in [6.45, 7) is 2.48. The zero-order valence-electron chi connectivity index (χ0n) is 18.4. The molecule has 0 saturated carbocycles. The van der Waals surface area contributed by atoms with Crippen LogP contribution in [0.5, 0.6) is 5.75 Å². The van der Waals surface area contributed by atoms with E-state index in [1.54, 1.807) is 30.3 Å². The predicted octanol–water partition coefficient (Wildman–Crippen LogP) is 3.19. The van der Waals surface area contributed by atoms with E-state index in [4.69, 9.17) is 4.74 Å². The summed E-state index contributed by atoms with van der Waals surface area (Å²) >= 11 is 0. The molecule has 3 aromatic carbocycles. The zero-order chi connectivity index (χ0) is 24.6. The van der Waals surface area contributed by atoms with Crippen LogP contribution in [0.4, 0.5) is 10.1 Å². The summed E-state index contributed by atoms with van der Waals surface area (Å²) in [7, 11) is -3.93. The fourth-order valence-electron chi connectivity index (χ4n) is 3.00. The predicted molar refractivity (Wildman–Crippen MR) is 126 cm³/mol. The summed E-state index contributed by atoms with van der Waals surface area (Å²) in [6, 6.07) is 17.6. The van der Waals surface area contributed by atoms with Crippen molar-refractivity contribution in [3.05, 3.63) is 89.7 Å². The van der Waals surface area contributed by atoms with Crippen LogP contribution in [-0.2, 0) is 10.0 Å². The third kappa shape index (κ3) is 6.55. The number of hydrogen-bond acceptors (Lipinski definition) is 5. The number of anilines is 1. The van der Waals surface area contributed by atoms with Crippen molar-refractivity contribution >= 4 is 27.5 Å². The molecule has 0 saturated heterocycles. The molecule has 0 radical (unpaired) electrons. The monoisotopic (exact) mass is 485 g/mol. The molecule has 3 rings (SSSR count). The third-order valence-corrected chi connectivity index (χ3v) is 6.02. The lowest BCUT2D eigenvalue weighted by Gasteiger charge is -2.11. The van der Waals surface area contributed by atoms with Crippen LogP contribution in [0.25, 0.3) is 0 Å². The zero-order valence-corrected chi connectivity index (χ0v) is 19.2. The first-order valence-electron chi connectivity index (χ1n) is 10.5. The molecule has 0 aliphatic rings. The van der Waals surface area contributed by atoms with E-state index in [-0.39, 0.29) is 29.1 Å². The number of amides is 2. The molecule has 0 aliphatic carbocycles. The Labute approximate surface area is 197 Å². The van der Waals surface area contributed by atoms with Crippen LogP contribution in [0.1, 0.15) is 27.6 Å². The van der Waals surface area contributed by atoms with Crippen molar-refractivity contribution in [2.75, 3.05) is 24.4 Å². The van der Waals surface area contributed by atoms with Gasteiger partial charge in [0.15, 0.2) is 0 Å². The molecule has 0 fully saturated rings. The second-order valence-corrected chi connectivity index (χ2v) is 8.76. The Morgan fingerprint density at radius 2 is 1.56 bits per heavy atom. The minimum absolute atomic E-state index is 0.0657. The number of hydrogen-bond donors (Lipinski definition) is 3. The number of carbonyl (C=O) groups excluding carboxylic acids is 2. The molecule has 8 nitrogen and oxygen atoms in total. The van der Waals surface area contributed by atoms with E-state index in [0.29, 0.717) is 18.0 Å². The van der Waals surface area contributed by atoms with E-state index < -0.39 is 27.7 Å². The number of benzene rings is 3. The van der Waals surface area contributed by atoms with Gasteiger partial charge in [-0.15, -0.1) is 0 Å². The Bertz CT molecular complexity index is 1260. The Morgan fingerprint density at radius 1 is 0.882 bits per heavy atom. The molecule has 0 aromatic heterocycles. The van der Waals surface area contributed by atoms with E-state index in [1.807, 2.05) is 6.92 Å². The third-order valence-electron chi connectivity index (χ3n) is 4.64. The van der Waals surface area contributed by atoms with E-state index in [1.165, 1.54) is 42.5 Å². The Balaban J connectivity index is 1.56. The summed E-state index contributed by atoms with van der Waals surface area (Å²) in [5.74, 6) is -1.13. The number of sulfonamides is 1. The number of nitrogens with one attached hydrogen (secondary N) is 3. The maximum Gasteiger partial charge on any atom is 0.261 e. The van der Waals surface area contributed by atoms with Gasteiger partial charge in [0, 0.05) is 24.3 Å². The normalized spacial score (nSPS) is 10.9. The van der Waals surface area contributed by atoms with Crippen LogP contribution < -0.4 is 20.1 Å². The smallest absolute Gasteiger partial charge is 0.261 e. The molecule has 2 amide bonds. The average Bonchev–Trinajstić information content (AvgIpc) is 2.83. The molecule has 10 heteroatoms. The molecule has 34 heavy (non-hydrogen) atoms. The largest absolute Gasteiger partial charge is 0.494 e. The second kappa shape index (κ2) is 11.3. The van der Waals surface area contributed by atoms with E-state index in [0.717, 1.165) is 0 Å². The minimum Gasteiger partial charge on any atom is -0.494 e. The van der Waals surface area contributed by atoms with Gasteiger partial charge in [-0.25, -0.2) is 12.8 Å². The van der Waals surface area contributed by atoms with Gasteiger partial charge in [0.25, 0.3) is 21.8 Å². The summed E-state index contributed by atoms with van der Waals surface area (Å²) in [4.78, 5) is 24.3. The van der Waals surface area contributed by atoms with Crippen molar-refractivity contribution in [1.29, 1.82) is 0 Å². The lowest BCUT2D eigenvalue weighted by Crippen LogP contribution is -2.35. The van der Waals surface area contributed by atoms with Crippen molar-refractivity contribution in [2.45, 2.75) is 11.8 Å². The number of halogens is 1. The van der Waals surface area contributed by atoms with Crippen LogP contribution in [0.2, 0.25) is 0 Å². The van der Waals surface area contributed by atoms with Crippen LogP contribution in [0.15, 0.2) is 77.7 Å². The first kappa shape index (κ1) is 24.7. The van der Waals surface area contributed by atoms with Gasteiger partial charge in [0.05, 0.1) is 17.1 Å². The first-order chi connectivity index (χ1) is 16.3. The van der Waals surface area contributed by atoms with Crippen molar-refractivity contribution in [3.63, 3.8) is 0 Å². The second-order valence-electron chi connectivity index (χ2n) is 7.08. The van der Waals surface area contributed by atoms with Gasteiger partial charge in [-0.2, -0.15) is 0 Å². The van der Waals surface area contributed by atoms with E-state index in [9.17, 15) is 22.4 Å². The molecule has 0 unspecified atom stereocenters. The highest BCUT2D eigenvalue weighted by molar-refractivity contribution is 7.92. The highest BCUT2D eigenvalue weighted by Crippen LogP contribution is 2.20. The first-order valence-corrected chi connectivity index (χ1v) is 11.9. The molecule has 0 bridgehead atoms.